The smallest absolute Gasteiger partial charge is 0.324 e. The molecule has 0 aliphatic heterocycles. The fraction of sp³-hybridized carbons (Fsp3) is 0.250. The number of pyridine rings is 1. The molecule has 9 nitrogen and oxygen atoms in total. The van der Waals surface area contributed by atoms with Gasteiger partial charge in [0.1, 0.15) is 6.04 Å². The number of methoxy groups -OCH3 is 1. The van der Waals surface area contributed by atoms with Crippen LogP contribution < -0.4 is 0 Å². The fourth-order valence-electron chi connectivity index (χ4n) is 2.36. The number of nitrogens with zero attached hydrogens (tertiary/aromatic N) is 3. The zero-order valence-electron chi connectivity index (χ0n) is 14.1. The maximum atomic E-state index is 12.9. The summed E-state index contributed by atoms with van der Waals surface area (Å²) in [5.41, 5.74) is -0.0895. The molecular weight excluding hydrogens is 362 g/mol. The average molecular weight is 379 g/mol. The summed E-state index contributed by atoms with van der Waals surface area (Å²) in [7, 11) is -2.01. The molecule has 2 aromatic rings. The third-order valence-electron chi connectivity index (χ3n) is 3.76. The van der Waals surface area contributed by atoms with Gasteiger partial charge in [0.05, 0.1) is 12.0 Å². The lowest BCUT2D eigenvalue weighted by Crippen LogP contribution is -2.44. The molecule has 0 saturated carbocycles. The van der Waals surface area contributed by atoms with Crippen molar-refractivity contribution in [1.82, 2.24) is 9.29 Å². The number of hydrogen-bond donors (Lipinski definition) is 0. The lowest BCUT2D eigenvalue weighted by molar-refractivity contribution is -0.387. The van der Waals surface area contributed by atoms with E-state index in [1.165, 1.54) is 25.4 Å². The van der Waals surface area contributed by atoms with Crippen molar-refractivity contribution < 1.29 is 22.9 Å². The molecule has 0 aliphatic carbocycles. The van der Waals surface area contributed by atoms with Crippen LogP contribution in [0.5, 0.6) is 0 Å². The summed E-state index contributed by atoms with van der Waals surface area (Å²) in [4.78, 5) is 26.1. The van der Waals surface area contributed by atoms with Crippen LogP contribution in [0.1, 0.15) is 5.69 Å². The van der Waals surface area contributed by atoms with Crippen molar-refractivity contribution in [3.63, 3.8) is 0 Å². The second-order valence-electron chi connectivity index (χ2n) is 5.31. The Morgan fingerprint density at radius 3 is 2.50 bits per heavy atom. The largest absolute Gasteiger partial charge is 0.468 e. The molecule has 0 N–H and O–H groups in total. The maximum Gasteiger partial charge on any atom is 0.324 e. The Labute approximate surface area is 150 Å². The second kappa shape index (κ2) is 8.02. The molecule has 0 radical (unpaired) electrons. The number of aromatic nitrogens is 1. The number of esters is 1. The minimum absolute atomic E-state index is 0.0378. The highest BCUT2D eigenvalue weighted by molar-refractivity contribution is 7.89. The third-order valence-corrected chi connectivity index (χ3v) is 5.67. The van der Waals surface area contributed by atoms with Gasteiger partial charge >= 0.3 is 5.97 Å². The molecule has 138 valence electrons. The van der Waals surface area contributed by atoms with Crippen LogP contribution in [-0.4, -0.2) is 48.8 Å². The molecule has 0 saturated heterocycles. The molecule has 10 heteroatoms. The SMILES string of the molecule is COC(=O)[C@@H](Cc1ccccn1)N(C)S(=O)(=O)c1ccccc1[N+](=O)[O-]. The van der Waals surface area contributed by atoms with Crippen LogP contribution in [0.3, 0.4) is 0 Å². The highest BCUT2D eigenvalue weighted by atomic mass is 32.2. The van der Waals surface area contributed by atoms with Crippen LogP contribution in [0.4, 0.5) is 5.69 Å². The summed E-state index contributed by atoms with van der Waals surface area (Å²) in [5, 5.41) is 11.2. The van der Waals surface area contributed by atoms with Gasteiger partial charge in [0.2, 0.25) is 10.0 Å². The predicted molar refractivity (Wildman–Crippen MR) is 91.8 cm³/mol. The molecule has 0 unspecified atom stereocenters. The van der Waals surface area contributed by atoms with Crippen molar-refractivity contribution in [2.24, 2.45) is 0 Å². The number of ether oxygens (including phenoxy) is 1. The molecule has 26 heavy (non-hydrogen) atoms. The minimum Gasteiger partial charge on any atom is -0.468 e. The van der Waals surface area contributed by atoms with E-state index >= 15 is 0 Å². The van der Waals surface area contributed by atoms with Crippen molar-refractivity contribution in [2.75, 3.05) is 14.2 Å². The van der Waals surface area contributed by atoms with Crippen molar-refractivity contribution >= 4 is 21.7 Å². The molecule has 0 spiro atoms. The number of benzene rings is 1. The number of likely N-dealkylation sites (N-methyl/N-ethyl adjacent to an activating group) is 1. The van der Waals surface area contributed by atoms with Crippen molar-refractivity contribution in [3.8, 4) is 0 Å². The Kier molecular flexibility index (Phi) is 6.01. The molecule has 1 aromatic heterocycles. The van der Waals surface area contributed by atoms with E-state index in [1.54, 1.807) is 18.2 Å². The first-order chi connectivity index (χ1) is 12.3. The molecule has 0 amide bonds. The van der Waals surface area contributed by atoms with E-state index in [4.69, 9.17) is 4.74 Å². The number of sulfonamides is 1. The van der Waals surface area contributed by atoms with E-state index in [0.29, 0.717) is 5.69 Å². The highest BCUT2D eigenvalue weighted by Crippen LogP contribution is 2.27. The number of nitro benzene ring substituents is 1. The third kappa shape index (κ3) is 4.03. The standard InChI is InChI=1S/C16H17N3O6S/c1-18(14(16(20)25-2)11-12-7-5-6-10-17-12)26(23,24)15-9-4-3-8-13(15)19(21)22/h3-10,14H,11H2,1-2H3/t14-/m1/s1. The van der Waals surface area contributed by atoms with Crippen molar-refractivity contribution in [3.05, 3.63) is 64.5 Å². The minimum atomic E-state index is -4.33. The van der Waals surface area contributed by atoms with Crippen LogP contribution >= 0.6 is 0 Å². The fourth-order valence-corrected chi connectivity index (χ4v) is 3.83. The van der Waals surface area contributed by atoms with Crippen molar-refractivity contribution in [1.29, 1.82) is 0 Å². The van der Waals surface area contributed by atoms with E-state index in [2.05, 4.69) is 4.98 Å². The van der Waals surface area contributed by atoms with E-state index in [-0.39, 0.29) is 6.42 Å². The quantitative estimate of drug-likeness (QED) is 0.405. The Morgan fingerprint density at radius 1 is 1.27 bits per heavy atom. The lowest BCUT2D eigenvalue weighted by atomic mass is 10.1. The normalized spacial score (nSPS) is 12.6. The summed E-state index contributed by atoms with van der Waals surface area (Å²) in [6, 6.07) is 8.76. The molecule has 1 atom stereocenters. The number of para-hydroxylation sites is 1. The Hall–Kier alpha value is -2.85. The van der Waals surface area contributed by atoms with Crippen LogP contribution in [0.2, 0.25) is 0 Å². The molecule has 0 aliphatic rings. The second-order valence-corrected chi connectivity index (χ2v) is 7.28. The van der Waals surface area contributed by atoms with Gasteiger partial charge in [-0.05, 0) is 18.2 Å². The van der Waals surface area contributed by atoms with Gasteiger partial charge in [0, 0.05) is 31.4 Å². The molecule has 1 heterocycles. The Balaban J connectivity index is 2.45. The summed E-state index contributed by atoms with van der Waals surface area (Å²) in [5.74, 6) is -0.791. The first-order valence-corrected chi connectivity index (χ1v) is 8.92. The highest BCUT2D eigenvalue weighted by Gasteiger charge is 2.37. The van der Waals surface area contributed by atoms with E-state index in [9.17, 15) is 23.3 Å². The zero-order valence-corrected chi connectivity index (χ0v) is 14.9. The number of hydrogen-bond acceptors (Lipinski definition) is 7. The van der Waals surface area contributed by atoms with Crippen molar-refractivity contribution in [2.45, 2.75) is 17.4 Å². The molecule has 2 rings (SSSR count). The summed E-state index contributed by atoms with van der Waals surface area (Å²) < 4.78 is 31.3. The number of nitro groups is 1. The van der Waals surface area contributed by atoms with Gasteiger partial charge in [-0.1, -0.05) is 18.2 Å². The molecule has 0 fully saturated rings. The summed E-state index contributed by atoms with van der Waals surface area (Å²) >= 11 is 0. The van der Waals surface area contributed by atoms with Crippen LogP contribution in [0.15, 0.2) is 53.6 Å². The van der Waals surface area contributed by atoms with Gasteiger partial charge < -0.3 is 4.74 Å². The van der Waals surface area contributed by atoms with E-state index < -0.39 is 37.5 Å². The Bertz CT molecular complexity index is 901. The zero-order chi connectivity index (χ0) is 19.3. The maximum absolute atomic E-state index is 12.9. The van der Waals surface area contributed by atoms with Gasteiger partial charge in [0.15, 0.2) is 4.90 Å². The monoisotopic (exact) mass is 379 g/mol. The first-order valence-electron chi connectivity index (χ1n) is 7.48. The molecule has 0 bridgehead atoms. The van der Waals surface area contributed by atoms with E-state index in [1.807, 2.05) is 0 Å². The van der Waals surface area contributed by atoms with E-state index in [0.717, 1.165) is 23.5 Å². The Morgan fingerprint density at radius 2 is 1.92 bits per heavy atom. The van der Waals surface area contributed by atoms with Gasteiger partial charge in [0.25, 0.3) is 5.69 Å². The van der Waals surface area contributed by atoms with Gasteiger partial charge in [-0.2, -0.15) is 4.31 Å². The lowest BCUT2D eigenvalue weighted by Gasteiger charge is -2.25. The van der Waals surface area contributed by atoms with Crippen LogP contribution in [-0.2, 0) is 26.0 Å². The summed E-state index contributed by atoms with van der Waals surface area (Å²) in [6.45, 7) is 0. The van der Waals surface area contributed by atoms with Crippen LogP contribution in [0, 0.1) is 10.1 Å². The molecular formula is C16H17N3O6S. The molecule has 1 aromatic carbocycles. The topological polar surface area (TPSA) is 120 Å². The number of carbonyl (C=O) groups excluding carboxylic acids is 1. The first kappa shape index (κ1) is 19.5. The van der Waals surface area contributed by atoms with Gasteiger partial charge in [-0.25, -0.2) is 8.42 Å². The summed E-state index contributed by atoms with van der Waals surface area (Å²) in [6.07, 6.45) is 1.48. The number of rotatable bonds is 7. The van der Waals surface area contributed by atoms with Gasteiger partial charge in [-0.3, -0.25) is 19.9 Å². The average Bonchev–Trinajstić information content (AvgIpc) is 2.65. The van der Waals surface area contributed by atoms with Crippen LogP contribution in [0.25, 0.3) is 0 Å². The number of carbonyl (C=O) groups is 1. The van der Waals surface area contributed by atoms with Gasteiger partial charge in [-0.15, -0.1) is 0 Å². The predicted octanol–water partition coefficient (Wildman–Crippen LogP) is 1.39.